The van der Waals surface area contributed by atoms with Gasteiger partial charge in [0.05, 0.1) is 0 Å². The highest BCUT2D eigenvalue weighted by Gasteiger charge is 2.10. The standard InChI is InChI=1S/C19H26O/c1-2-3-4-5-6-7-8-9-13-18-16-15-17-12-10-11-14-19(17)20-18/h9-16,18H,2-8H2,1H3/b13-9+. The number of unbranched alkanes of at least 4 members (excludes halogenated alkanes) is 6. The van der Waals surface area contributed by atoms with E-state index in [9.17, 15) is 0 Å². The Bertz CT molecular complexity index is 445. The molecule has 0 aromatic heterocycles. The van der Waals surface area contributed by atoms with Crippen LogP contribution in [0.1, 0.15) is 57.4 Å². The molecule has 0 saturated heterocycles. The fourth-order valence-corrected chi connectivity index (χ4v) is 2.49. The summed E-state index contributed by atoms with van der Waals surface area (Å²) in [7, 11) is 0. The molecule has 0 fully saturated rings. The highest BCUT2D eigenvalue weighted by Crippen LogP contribution is 2.25. The number of fused-ring (bicyclic) bond motifs is 1. The van der Waals surface area contributed by atoms with Gasteiger partial charge in [-0.3, -0.25) is 0 Å². The van der Waals surface area contributed by atoms with Crippen molar-refractivity contribution in [2.75, 3.05) is 0 Å². The number of rotatable bonds is 8. The van der Waals surface area contributed by atoms with E-state index in [0.29, 0.717) is 0 Å². The van der Waals surface area contributed by atoms with Crippen molar-refractivity contribution in [3.05, 3.63) is 48.1 Å². The molecule has 1 aliphatic heterocycles. The molecule has 1 aromatic rings. The summed E-state index contributed by atoms with van der Waals surface area (Å²) < 4.78 is 5.92. The molecule has 1 unspecified atom stereocenters. The lowest BCUT2D eigenvalue weighted by atomic mass is 10.1. The first-order chi connectivity index (χ1) is 9.90. The molecular formula is C19H26O. The maximum atomic E-state index is 5.92. The number of para-hydroxylation sites is 1. The SMILES string of the molecule is CCCCCCCC/C=C/C1C=Cc2ccccc2O1. The Morgan fingerprint density at radius 1 is 1.05 bits per heavy atom. The Morgan fingerprint density at radius 2 is 1.85 bits per heavy atom. The van der Waals surface area contributed by atoms with E-state index in [2.05, 4.69) is 37.3 Å². The molecule has 1 heteroatoms. The maximum absolute atomic E-state index is 5.92. The Labute approximate surface area is 123 Å². The van der Waals surface area contributed by atoms with Crippen molar-refractivity contribution in [1.82, 2.24) is 0 Å². The summed E-state index contributed by atoms with van der Waals surface area (Å²) >= 11 is 0. The Balaban J connectivity index is 1.64. The molecule has 0 N–H and O–H groups in total. The van der Waals surface area contributed by atoms with Gasteiger partial charge in [0.15, 0.2) is 0 Å². The van der Waals surface area contributed by atoms with Crippen LogP contribution in [0.3, 0.4) is 0 Å². The first kappa shape index (κ1) is 14.9. The predicted octanol–water partition coefficient (Wildman–Crippen LogP) is 5.77. The van der Waals surface area contributed by atoms with E-state index < -0.39 is 0 Å². The summed E-state index contributed by atoms with van der Waals surface area (Å²) in [5.41, 5.74) is 1.17. The number of hydrogen-bond donors (Lipinski definition) is 0. The average Bonchev–Trinajstić information content (AvgIpc) is 2.50. The molecule has 0 bridgehead atoms. The van der Waals surface area contributed by atoms with Gasteiger partial charge in [0, 0.05) is 5.56 Å². The highest BCUT2D eigenvalue weighted by atomic mass is 16.5. The molecule has 2 rings (SSSR count). The van der Waals surface area contributed by atoms with Crippen LogP contribution in [0.25, 0.3) is 6.08 Å². The lowest BCUT2D eigenvalue weighted by Crippen LogP contribution is -2.13. The number of benzene rings is 1. The lowest BCUT2D eigenvalue weighted by molar-refractivity contribution is 0.292. The molecule has 20 heavy (non-hydrogen) atoms. The van der Waals surface area contributed by atoms with Crippen molar-refractivity contribution in [2.24, 2.45) is 0 Å². The Hall–Kier alpha value is -1.50. The van der Waals surface area contributed by atoms with Crippen LogP contribution in [-0.2, 0) is 0 Å². The van der Waals surface area contributed by atoms with Gasteiger partial charge in [0.2, 0.25) is 0 Å². The van der Waals surface area contributed by atoms with Crippen molar-refractivity contribution in [3.63, 3.8) is 0 Å². The Morgan fingerprint density at radius 3 is 2.75 bits per heavy atom. The monoisotopic (exact) mass is 270 g/mol. The second-order valence-electron chi connectivity index (χ2n) is 5.46. The average molecular weight is 270 g/mol. The van der Waals surface area contributed by atoms with Gasteiger partial charge in [-0.25, -0.2) is 0 Å². The second kappa shape index (κ2) is 8.63. The number of ether oxygens (including phenoxy) is 1. The largest absolute Gasteiger partial charge is 0.482 e. The summed E-state index contributed by atoms with van der Waals surface area (Å²) in [4.78, 5) is 0. The molecule has 1 heterocycles. The molecule has 0 spiro atoms. The summed E-state index contributed by atoms with van der Waals surface area (Å²) in [6.45, 7) is 2.26. The van der Waals surface area contributed by atoms with Gasteiger partial charge in [0.25, 0.3) is 0 Å². The van der Waals surface area contributed by atoms with Gasteiger partial charge in [-0.1, -0.05) is 69.4 Å². The normalized spacial score (nSPS) is 17.1. The van der Waals surface area contributed by atoms with E-state index in [-0.39, 0.29) is 6.10 Å². The van der Waals surface area contributed by atoms with Crippen molar-refractivity contribution in [3.8, 4) is 5.75 Å². The molecule has 1 nitrogen and oxygen atoms in total. The van der Waals surface area contributed by atoms with Crippen molar-refractivity contribution >= 4 is 6.08 Å². The van der Waals surface area contributed by atoms with Gasteiger partial charge in [-0.15, -0.1) is 0 Å². The minimum absolute atomic E-state index is 0.102. The van der Waals surface area contributed by atoms with Crippen LogP contribution in [0.2, 0.25) is 0 Å². The van der Waals surface area contributed by atoms with E-state index in [0.717, 1.165) is 5.75 Å². The second-order valence-corrected chi connectivity index (χ2v) is 5.46. The van der Waals surface area contributed by atoms with E-state index in [1.807, 2.05) is 18.2 Å². The van der Waals surface area contributed by atoms with Gasteiger partial charge in [0.1, 0.15) is 11.9 Å². The molecule has 0 aliphatic carbocycles. The van der Waals surface area contributed by atoms with Crippen LogP contribution in [-0.4, -0.2) is 6.10 Å². The lowest BCUT2D eigenvalue weighted by Gasteiger charge is -2.18. The summed E-state index contributed by atoms with van der Waals surface area (Å²) in [5, 5.41) is 0. The number of hydrogen-bond acceptors (Lipinski definition) is 1. The van der Waals surface area contributed by atoms with Crippen LogP contribution in [0, 0.1) is 0 Å². The van der Waals surface area contributed by atoms with Gasteiger partial charge in [-0.2, -0.15) is 0 Å². The van der Waals surface area contributed by atoms with E-state index in [4.69, 9.17) is 4.74 Å². The molecule has 108 valence electrons. The Kier molecular flexibility index (Phi) is 6.43. The van der Waals surface area contributed by atoms with Gasteiger partial charge < -0.3 is 4.74 Å². The zero-order valence-corrected chi connectivity index (χ0v) is 12.6. The van der Waals surface area contributed by atoms with E-state index in [1.165, 1.54) is 50.5 Å². The third kappa shape index (κ3) is 4.88. The molecule has 1 aliphatic rings. The first-order valence-corrected chi connectivity index (χ1v) is 8.00. The predicted molar refractivity (Wildman–Crippen MR) is 87.0 cm³/mol. The van der Waals surface area contributed by atoms with Crippen LogP contribution in [0.15, 0.2) is 42.5 Å². The summed E-state index contributed by atoms with van der Waals surface area (Å²) in [5.74, 6) is 0.990. The number of allylic oxidation sites excluding steroid dienone is 1. The van der Waals surface area contributed by atoms with E-state index >= 15 is 0 Å². The van der Waals surface area contributed by atoms with Crippen LogP contribution in [0.5, 0.6) is 5.75 Å². The first-order valence-electron chi connectivity index (χ1n) is 8.00. The highest BCUT2D eigenvalue weighted by molar-refractivity contribution is 5.60. The fraction of sp³-hybridized carbons (Fsp3) is 0.474. The zero-order valence-electron chi connectivity index (χ0n) is 12.6. The van der Waals surface area contributed by atoms with E-state index in [1.54, 1.807) is 0 Å². The van der Waals surface area contributed by atoms with Crippen molar-refractivity contribution < 1.29 is 4.74 Å². The van der Waals surface area contributed by atoms with Gasteiger partial charge in [-0.05, 0) is 31.1 Å². The minimum atomic E-state index is 0.102. The molecular weight excluding hydrogens is 244 g/mol. The molecule has 1 atom stereocenters. The van der Waals surface area contributed by atoms with Crippen LogP contribution in [0.4, 0.5) is 0 Å². The smallest absolute Gasteiger partial charge is 0.135 e. The maximum Gasteiger partial charge on any atom is 0.135 e. The topological polar surface area (TPSA) is 9.23 Å². The van der Waals surface area contributed by atoms with Crippen LogP contribution >= 0.6 is 0 Å². The van der Waals surface area contributed by atoms with Gasteiger partial charge >= 0.3 is 0 Å². The molecule has 1 aromatic carbocycles. The molecule has 0 saturated carbocycles. The molecule has 0 radical (unpaired) electrons. The zero-order chi connectivity index (χ0) is 14.0. The van der Waals surface area contributed by atoms with Crippen LogP contribution < -0.4 is 4.74 Å². The minimum Gasteiger partial charge on any atom is -0.482 e. The summed E-state index contributed by atoms with van der Waals surface area (Å²) in [6, 6.07) is 8.19. The van der Waals surface area contributed by atoms with Crippen molar-refractivity contribution in [2.45, 2.75) is 58.0 Å². The molecule has 0 amide bonds. The quantitative estimate of drug-likeness (QED) is 0.430. The third-order valence-corrected chi connectivity index (χ3v) is 3.70. The van der Waals surface area contributed by atoms with Crippen molar-refractivity contribution in [1.29, 1.82) is 0 Å². The third-order valence-electron chi connectivity index (χ3n) is 3.70. The fourth-order valence-electron chi connectivity index (χ4n) is 2.49. The summed E-state index contributed by atoms with van der Waals surface area (Å²) in [6.07, 6.45) is 18.1.